The van der Waals surface area contributed by atoms with E-state index in [0.29, 0.717) is 0 Å². The number of hydrogen-bond acceptors (Lipinski definition) is 2. The Bertz CT molecular complexity index is 3640. The van der Waals surface area contributed by atoms with Crippen molar-refractivity contribution in [3.63, 3.8) is 0 Å². The lowest BCUT2D eigenvalue weighted by atomic mass is 9.35. The Morgan fingerprint density at radius 3 is 1.55 bits per heavy atom. The van der Waals surface area contributed by atoms with Crippen molar-refractivity contribution < 1.29 is 0 Å². The van der Waals surface area contributed by atoms with Crippen LogP contribution < -0.4 is 20.6 Å². The van der Waals surface area contributed by atoms with Crippen LogP contribution in [-0.2, 0) is 49.7 Å². The third kappa shape index (κ3) is 7.78. The van der Waals surface area contributed by atoms with E-state index in [9.17, 15) is 0 Å². The van der Waals surface area contributed by atoms with Gasteiger partial charge < -0.3 is 4.90 Å². The zero-order chi connectivity index (χ0) is 54.5. The molecule has 0 amide bonds. The second-order valence-corrected chi connectivity index (χ2v) is 32.2. The lowest BCUT2D eigenvalue weighted by molar-refractivity contribution is 0.331. The number of aryl methyl sites for hydroxylation is 2. The maximum atomic E-state index is 2.80. The first-order chi connectivity index (χ1) is 36.0. The maximum absolute atomic E-state index is 2.80. The molecule has 0 bridgehead atoms. The van der Waals surface area contributed by atoms with Gasteiger partial charge in [0.25, 0.3) is 6.71 Å². The molecular weight excluding hydrogens is 946 g/mol. The number of rotatable bonds is 3. The highest BCUT2D eigenvalue weighted by molar-refractivity contribution is 7.32. The Morgan fingerprint density at radius 1 is 0.468 bits per heavy atom. The third-order valence-corrected chi connectivity index (χ3v) is 23.4. The summed E-state index contributed by atoms with van der Waals surface area (Å²) >= 11 is 2.16. The Balaban J connectivity index is 1.17. The van der Waals surface area contributed by atoms with E-state index >= 15 is 0 Å². The number of hydrogen-bond donors (Lipinski definition) is 0. The van der Waals surface area contributed by atoms with E-state index in [1.54, 1.807) is 38.2 Å². The summed E-state index contributed by atoms with van der Waals surface area (Å²) in [4.78, 5) is 2.80. The monoisotopic (exact) mass is 1030 g/mol. The van der Waals surface area contributed by atoms with Crippen LogP contribution in [0.4, 0.5) is 17.1 Å². The van der Waals surface area contributed by atoms with Crippen LogP contribution in [0, 0.1) is 6.92 Å². The second-order valence-electron chi connectivity index (χ2n) is 31.1. The molecule has 3 heterocycles. The van der Waals surface area contributed by atoms with Gasteiger partial charge in [0.15, 0.2) is 0 Å². The highest BCUT2D eigenvalue weighted by Gasteiger charge is 2.48. The van der Waals surface area contributed by atoms with E-state index in [2.05, 4.69) is 231 Å². The van der Waals surface area contributed by atoms with E-state index in [4.69, 9.17) is 0 Å². The van der Waals surface area contributed by atoms with Crippen molar-refractivity contribution in [1.29, 1.82) is 0 Å². The summed E-state index contributed by atoms with van der Waals surface area (Å²) in [6.45, 7) is 42.6. The van der Waals surface area contributed by atoms with Gasteiger partial charge in [0.1, 0.15) is 0 Å². The molecule has 3 heteroatoms. The number of fused-ring (bicyclic) bond motifs is 10. The highest BCUT2D eigenvalue weighted by Crippen LogP contribution is 2.55. The zero-order valence-electron chi connectivity index (χ0n) is 50.3. The molecule has 0 saturated heterocycles. The maximum Gasteiger partial charge on any atom is 0.259 e. The average molecular weight is 1030 g/mol. The summed E-state index contributed by atoms with van der Waals surface area (Å²) in [5, 5.41) is 1.52. The average Bonchev–Trinajstić information content (AvgIpc) is 4.03. The van der Waals surface area contributed by atoms with Gasteiger partial charge in [-0.05, 0) is 250 Å². The first-order valence-corrected chi connectivity index (χ1v) is 30.9. The Kier molecular flexibility index (Phi) is 11.1. The lowest BCUT2D eigenvalue weighted by Gasteiger charge is -2.46. The summed E-state index contributed by atoms with van der Waals surface area (Å²) < 4.78 is 3.06. The van der Waals surface area contributed by atoms with E-state index in [1.807, 2.05) is 0 Å². The zero-order valence-corrected chi connectivity index (χ0v) is 51.1. The largest absolute Gasteiger partial charge is 0.311 e. The van der Waals surface area contributed by atoms with Crippen molar-refractivity contribution >= 4 is 60.9 Å². The van der Waals surface area contributed by atoms with Crippen LogP contribution in [0.5, 0.6) is 0 Å². The smallest absolute Gasteiger partial charge is 0.259 e. The molecule has 0 spiro atoms. The van der Waals surface area contributed by atoms with Gasteiger partial charge in [-0.1, -0.05) is 171 Å². The van der Waals surface area contributed by atoms with Crippen molar-refractivity contribution in [2.24, 2.45) is 0 Å². The molecule has 1 nitrogen and oxygen atoms in total. The quantitative estimate of drug-likeness (QED) is 0.159. The van der Waals surface area contributed by atoms with Gasteiger partial charge in [-0.2, -0.15) is 0 Å². The van der Waals surface area contributed by atoms with Crippen LogP contribution in [0.2, 0.25) is 0 Å². The van der Waals surface area contributed by atoms with E-state index in [-0.39, 0.29) is 56.0 Å². The van der Waals surface area contributed by atoms with E-state index in [0.717, 1.165) is 12.8 Å². The first-order valence-electron chi connectivity index (χ1n) is 30.1. The van der Waals surface area contributed by atoms with Crippen LogP contribution in [0.3, 0.4) is 0 Å². The van der Waals surface area contributed by atoms with Gasteiger partial charge in [0.2, 0.25) is 0 Å². The molecular formula is C74H88BNS. The second kappa shape index (κ2) is 16.6. The highest BCUT2D eigenvalue weighted by atomic mass is 32.1. The number of benzene rings is 6. The molecule has 6 aromatic carbocycles. The summed E-state index contributed by atoms with van der Waals surface area (Å²) in [6, 6.07) is 41.1. The summed E-state index contributed by atoms with van der Waals surface area (Å²) in [6.07, 6.45) is 11.7. The predicted octanol–water partition coefficient (Wildman–Crippen LogP) is 18.7. The molecule has 7 aromatic rings. The molecule has 398 valence electrons. The van der Waals surface area contributed by atoms with E-state index in [1.165, 1.54) is 134 Å². The fraction of sp³-hybridized carbons (Fsp3) is 0.486. The van der Waals surface area contributed by atoms with Crippen LogP contribution in [0.1, 0.15) is 241 Å². The van der Waals surface area contributed by atoms with Crippen molar-refractivity contribution in [2.45, 2.75) is 231 Å². The molecule has 1 atom stereocenters. The normalized spacial score (nSPS) is 23.0. The molecule has 0 N–H and O–H groups in total. The van der Waals surface area contributed by atoms with Gasteiger partial charge >= 0.3 is 0 Å². The Labute approximate surface area is 469 Å². The van der Waals surface area contributed by atoms with Crippen molar-refractivity contribution in [3.8, 4) is 11.1 Å². The molecule has 0 fully saturated rings. The number of thiophene rings is 1. The fourth-order valence-corrected chi connectivity index (χ4v) is 17.9. The molecule has 6 aliphatic rings. The topological polar surface area (TPSA) is 3.24 Å². The van der Waals surface area contributed by atoms with Gasteiger partial charge in [-0.15, -0.1) is 11.3 Å². The first kappa shape index (κ1) is 51.6. The predicted molar refractivity (Wildman–Crippen MR) is 336 cm³/mol. The molecule has 2 aliphatic heterocycles. The van der Waals surface area contributed by atoms with Gasteiger partial charge in [0.05, 0.1) is 0 Å². The molecule has 77 heavy (non-hydrogen) atoms. The van der Waals surface area contributed by atoms with Gasteiger partial charge in [-0.25, -0.2) is 0 Å². The molecule has 0 radical (unpaired) electrons. The third-order valence-electron chi connectivity index (χ3n) is 22.2. The molecule has 13 rings (SSSR count). The van der Waals surface area contributed by atoms with Crippen LogP contribution >= 0.6 is 11.3 Å². The van der Waals surface area contributed by atoms with Gasteiger partial charge in [-0.3, -0.25) is 0 Å². The minimum atomic E-state index is 0.0458. The lowest BCUT2D eigenvalue weighted by Crippen LogP contribution is -2.59. The minimum absolute atomic E-state index is 0.0458. The Hall–Kier alpha value is -4.86. The Morgan fingerprint density at radius 2 is 0.961 bits per heavy atom. The van der Waals surface area contributed by atoms with Crippen molar-refractivity contribution in [3.05, 3.63) is 164 Å². The van der Waals surface area contributed by atoms with Crippen molar-refractivity contribution in [1.82, 2.24) is 0 Å². The summed E-state index contributed by atoms with van der Waals surface area (Å²) in [5.41, 5.74) is 29.0. The van der Waals surface area contributed by atoms with Crippen molar-refractivity contribution in [2.75, 3.05) is 4.90 Å². The van der Waals surface area contributed by atoms with E-state index < -0.39 is 0 Å². The number of nitrogens with zero attached hydrogens (tertiary/aromatic N) is 1. The number of anilines is 3. The molecule has 1 aromatic heterocycles. The SMILES string of the molecule is Cc1ccccc1-c1cc2c3c(c1)N(c1ccc4c(c1)C(C)(C)CCC4(C)C)c1cc4c(cc1B3c1sc3cc5c(cc3c1[C@@H](c1ccc3c(c1)C(C)(C)CCC3(C)C)CC2)C(C)(C)CCC5(C)C)C(C)(C)CCC4(C)C. The van der Waals surface area contributed by atoms with Crippen LogP contribution in [0.25, 0.3) is 21.2 Å². The van der Waals surface area contributed by atoms with Gasteiger partial charge in [0, 0.05) is 27.7 Å². The van der Waals surface area contributed by atoms with Crippen LogP contribution in [-0.4, -0.2) is 6.71 Å². The fourth-order valence-electron chi connectivity index (χ4n) is 16.4. The standard InChI is InChI=1S/C74H88BNS/c1-44-20-18-19-21-49(44)47-36-46-22-25-50(45-23-26-52-54(37-45)69(6,7)30-28-67(52,2)3)64-51-40-56-59(74(16,17)35-32-71(56,10)11)43-63(51)77-66(64)75-60-41-57-58(73(14,15)34-33-72(57,12)13)42-61(60)76(62(38-47)65(46)75)48-24-27-53-55(39-48)70(8,9)31-29-68(53,4)5/h18-21,23-24,26-27,36-43,50H,22,25,28-35H2,1-17H3/t50-/m1/s1. The molecule has 4 aliphatic carbocycles. The summed E-state index contributed by atoms with van der Waals surface area (Å²) in [5.74, 6) is 0.238. The summed E-state index contributed by atoms with van der Waals surface area (Å²) in [7, 11) is 0. The molecule has 0 saturated carbocycles. The van der Waals surface area contributed by atoms with Crippen LogP contribution in [0.15, 0.2) is 97.1 Å². The minimum Gasteiger partial charge on any atom is -0.311 e. The molecule has 0 unspecified atom stereocenters.